The zero-order valence-corrected chi connectivity index (χ0v) is 9.87. The quantitative estimate of drug-likeness (QED) is 0.713. The second kappa shape index (κ2) is 5.83. The van der Waals surface area contributed by atoms with E-state index in [-0.39, 0.29) is 0 Å². The number of nitrogens with zero attached hydrogens (tertiary/aromatic N) is 1. The van der Waals surface area contributed by atoms with E-state index in [9.17, 15) is 0 Å². The number of ether oxygens (including phenoxy) is 1. The lowest BCUT2D eigenvalue weighted by molar-refractivity contribution is 0.120. The Morgan fingerprint density at radius 2 is 1.93 bits per heavy atom. The van der Waals surface area contributed by atoms with E-state index < -0.39 is 0 Å². The molecule has 1 heterocycles. The van der Waals surface area contributed by atoms with E-state index in [2.05, 4.69) is 10.2 Å². The van der Waals surface area contributed by atoms with Gasteiger partial charge in [-0.3, -0.25) is 0 Å². The Hall–Kier alpha value is -0.120. The van der Waals surface area contributed by atoms with Gasteiger partial charge in [-0.1, -0.05) is 0 Å². The predicted molar refractivity (Wildman–Crippen MR) is 62.1 cm³/mol. The van der Waals surface area contributed by atoms with Crippen molar-refractivity contribution >= 4 is 0 Å². The minimum Gasteiger partial charge on any atom is -0.383 e. The molecule has 0 bridgehead atoms. The Bertz CT molecular complexity index is 174. The van der Waals surface area contributed by atoms with Gasteiger partial charge in [-0.05, 0) is 51.2 Å². The molecule has 0 aromatic carbocycles. The highest BCUT2D eigenvalue weighted by Gasteiger charge is 2.23. The molecule has 2 fully saturated rings. The smallest absolute Gasteiger partial charge is 0.0589 e. The molecule has 15 heavy (non-hydrogen) atoms. The van der Waals surface area contributed by atoms with Gasteiger partial charge in [0.15, 0.2) is 0 Å². The van der Waals surface area contributed by atoms with Gasteiger partial charge in [-0.25, -0.2) is 0 Å². The summed E-state index contributed by atoms with van der Waals surface area (Å²) in [6.45, 7) is 5.77. The molecule has 1 saturated heterocycles. The minimum absolute atomic E-state index is 0.872. The zero-order valence-electron chi connectivity index (χ0n) is 9.87. The van der Waals surface area contributed by atoms with Gasteiger partial charge in [0.05, 0.1) is 6.61 Å². The van der Waals surface area contributed by atoms with Gasteiger partial charge in [0.2, 0.25) is 0 Å². The fraction of sp³-hybridized carbons (Fsp3) is 1.00. The Labute approximate surface area is 93.2 Å². The average Bonchev–Trinajstić information content (AvgIpc) is 3.09. The van der Waals surface area contributed by atoms with Crippen molar-refractivity contribution in [2.75, 3.05) is 39.9 Å². The number of hydrogen-bond donors (Lipinski definition) is 1. The van der Waals surface area contributed by atoms with Gasteiger partial charge in [0.25, 0.3) is 0 Å². The molecule has 3 nitrogen and oxygen atoms in total. The summed E-state index contributed by atoms with van der Waals surface area (Å²) in [4.78, 5) is 2.52. The van der Waals surface area contributed by atoms with Crippen molar-refractivity contribution in [2.45, 2.75) is 31.7 Å². The summed E-state index contributed by atoms with van der Waals surface area (Å²) < 4.78 is 5.10. The topological polar surface area (TPSA) is 24.5 Å². The molecule has 1 N–H and O–H groups in total. The monoisotopic (exact) mass is 212 g/mol. The van der Waals surface area contributed by atoms with Crippen molar-refractivity contribution in [2.24, 2.45) is 5.92 Å². The maximum absolute atomic E-state index is 5.10. The Kier molecular flexibility index (Phi) is 4.42. The lowest BCUT2D eigenvalue weighted by Gasteiger charge is -2.31. The maximum atomic E-state index is 5.10. The van der Waals surface area contributed by atoms with Crippen LogP contribution in [0.2, 0.25) is 0 Å². The van der Waals surface area contributed by atoms with Gasteiger partial charge >= 0.3 is 0 Å². The molecule has 88 valence electrons. The van der Waals surface area contributed by atoms with Crippen LogP contribution in [0.3, 0.4) is 0 Å². The summed E-state index contributed by atoms with van der Waals surface area (Å²) in [5.41, 5.74) is 0. The number of likely N-dealkylation sites (tertiary alicyclic amines) is 1. The third-order valence-electron chi connectivity index (χ3n) is 3.59. The van der Waals surface area contributed by atoms with Crippen LogP contribution in [-0.4, -0.2) is 50.8 Å². The van der Waals surface area contributed by atoms with Crippen LogP contribution >= 0.6 is 0 Å². The van der Waals surface area contributed by atoms with Crippen LogP contribution in [0.25, 0.3) is 0 Å². The third kappa shape index (κ3) is 4.09. The van der Waals surface area contributed by atoms with Crippen LogP contribution in [-0.2, 0) is 4.74 Å². The molecule has 0 atom stereocenters. The van der Waals surface area contributed by atoms with E-state index in [1.807, 2.05) is 0 Å². The number of methoxy groups -OCH3 is 1. The molecule has 2 aliphatic rings. The first-order valence-electron chi connectivity index (χ1n) is 6.33. The van der Waals surface area contributed by atoms with Gasteiger partial charge in [0.1, 0.15) is 0 Å². The van der Waals surface area contributed by atoms with Crippen molar-refractivity contribution in [1.29, 1.82) is 0 Å². The van der Waals surface area contributed by atoms with Crippen LogP contribution in [0.4, 0.5) is 0 Å². The van der Waals surface area contributed by atoms with Gasteiger partial charge in [0, 0.05) is 19.7 Å². The molecule has 0 amide bonds. The van der Waals surface area contributed by atoms with Crippen molar-refractivity contribution in [3.63, 3.8) is 0 Å². The largest absolute Gasteiger partial charge is 0.383 e. The number of hydrogen-bond acceptors (Lipinski definition) is 3. The number of nitrogens with one attached hydrogen (secondary N) is 1. The summed E-state index contributed by atoms with van der Waals surface area (Å²) in [5, 5.41) is 3.64. The lowest BCUT2D eigenvalue weighted by Crippen LogP contribution is -2.39. The van der Waals surface area contributed by atoms with Crippen LogP contribution in [0.5, 0.6) is 0 Å². The molecule has 0 spiro atoms. The van der Waals surface area contributed by atoms with Crippen molar-refractivity contribution in [1.82, 2.24) is 10.2 Å². The molecule has 1 saturated carbocycles. The summed E-state index contributed by atoms with van der Waals surface area (Å²) >= 11 is 0. The Morgan fingerprint density at radius 1 is 1.20 bits per heavy atom. The second-order valence-corrected chi connectivity index (χ2v) is 4.96. The molecule has 1 aliphatic heterocycles. The summed E-state index contributed by atoms with van der Waals surface area (Å²) in [7, 11) is 1.78. The van der Waals surface area contributed by atoms with Gasteiger partial charge in [-0.15, -0.1) is 0 Å². The third-order valence-corrected chi connectivity index (χ3v) is 3.59. The fourth-order valence-electron chi connectivity index (χ4n) is 2.26. The van der Waals surface area contributed by atoms with Crippen LogP contribution in [0.15, 0.2) is 0 Å². The summed E-state index contributed by atoms with van der Waals surface area (Å²) in [6.07, 6.45) is 5.55. The van der Waals surface area contributed by atoms with Crippen molar-refractivity contribution < 1.29 is 4.74 Å². The minimum atomic E-state index is 0.872. The molecule has 1 aliphatic carbocycles. The standard InChI is InChI=1S/C12H24N2O/c1-15-9-8-14-6-4-11(5-7-14)10-13-12-2-3-12/h11-13H,2-10H2,1H3. The molecule has 2 rings (SSSR count). The van der Waals surface area contributed by atoms with E-state index >= 15 is 0 Å². The van der Waals surface area contributed by atoms with E-state index in [0.717, 1.165) is 25.1 Å². The van der Waals surface area contributed by atoms with Gasteiger partial charge in [-0.2, -0.15) is 0 Å². The Morgan fingerprint density at radius 3 is 2.53 bits per heavy atom. The highest BCUT2D eigenvalue weighted by molar-refractivity contribution is 4.83. The SMILES string of the molecule is COCCN1CCC(CNC2CC2)CC1. The first-order valence-corrected chi connectivity index (χ1v) is 6.33. The van der Waals surface area contributed by atoms with Crippen molar-refractivity contribution in [3.05, 3.63) is 0 Å². The highest BCUT2D eigenvalue weighted by Crippen LogP contribution is 2.21. The zero-order chi connectivity index (χ0) is 10.5. The molecular weight excluding hydrogens is 188 g/mol. The van der Waals surface area contributed by atoms with E-state index in [1.165, 1.54) is 45.3 Å². The first-order chi connectivity index (χ1) is 7.38. The maximum Gasteiger partial charge on any atom is 0.0589 e. The first kappa shape index (κ1) is 11.4. The van der Waals surface area contributed by atoms with E-state index in [4.69, 9.17) is 4.74 Å². The normalized spacial score (nSPS) is 24.6. The molecule has 3 heteroatoms. The highest BCUT2D eigenvalue weighted by atomic mass is 16.5. The fourth-order valence-corrected chi connectivity index (χ4v) is 2.26. The number of piperidine rings is 1. The summed E-state index contributed by atoms with van der Waals surface area (Å²) in [6, 6.07) is 0.872. The van der Waals surface area contributed by atoms with E-state index in [0.29, 0.717) is 0 Å². The molecule has 0 aromatic heterocycles. The average molecular weight is 212 g/mol. The molecular formula is C12H24N2O. The number of rotatable bonds is 6. The lowest BCUT2D eigenvalue weighted by atomic mass is 9.97. The molecule has 0 aromatic rings. The van der Waals surface area contributed by atoms with Gasteiger partial charge < -0.3 is 15.0 Å². The van der Waals surface area contributed by atoms with Crippen LogP contribution in [0.1, 0.15) is 25.7 Å². The van der Waals surface area contributed by atoms with Crippen LogP contribution in [0, 0.1) is 5.92 Å². The predicted octanol–water partition coefficient (Wildman–Crippen LogP) is 1.10. The van der Waals surface area contributed by atoms with Crippen molar-refractivity contribution in [3.8, 4) is 0 Å². The summed E-state index contributed by atoms with van der Waals surface area (Å²) in [5.74, 6) is 0.921. The second-order valence-electron chi connectivity index (χ2n) is 4.96. The van der Waals surface area contributed by atoms with Crippen LogP contribution < -0.4 is 5.32 Å². The molecule has 0 unspecified atom stereocenters. The Balaban J connectivity index is 1.54. The molecule has 0 radical (unpaired) electrons. The van der Waals surface area contributed by atoms with E-state index in [1.54, 1.807) is 7.11 Å².